The molecule has 0 saturated carbocycles. The number of benzene rings is 1. The molecule has 0 heterocycles. The number of carbonyl (C=O) groups excluding carboxylic acids is 1. The van der Waals surface area contributed by atoms with Crippen molar-refractivity contribution in [1.82, 2.24) is 4.90 Å². The number of nitrogens with zero attached hydrogens (tertiary/aromatic N) is 1. The standard InChI is InChI=1S/C18H30N2O3/c1-5-9-20(10-6-2)18(21)12-15(13-19)14-7-8-16(22-3)17(11-14)23-4/h7-8,11,15H,5-6,9-10,12-13,19H2,1-4H3. The largest absolute Gasteiger partial charge is 0.493 e. The lowest BCUT2D eigenvalue weighted by Gasteiger charge is -2.24. The van der Waals surface area contributed by atoms with Crippen molar-refractivity contribution in [2.24, 2.45) is 5.73 Å². The molecule has 1 aromatic carbocycles. The first-order valence-electron chi connectivity index (χ1n) is 8.30. The number of hydrogen-bond acceptors (Lipinski definition) is 4. The van der Waals surface area contributed by atoms with E-state index in [1.54, 1.807) is 14.2 Å². The molecule has 1 unspecified atom stereocenters. The molecule has 0 aliphatic carbocycles. The molecular weight excluding hydrogens is 292 g/mol. The van der Waals surface area contributed by atoms with Gasteiger partial charge in [0.15, 0.2) is 11.5 Å². The third-order valence-electron chi connectivity index (χ3n) is 3.92. The molecule has 1 amide bonds. The quantitative estimate of drug-likeness (QED) is 0.719. The van der Waals surface area contributed by atoms with Crippen LogP contribution in [0.5, 0.6) is 11.5 Å². The molecule has 0 saturated heterocycles. The monoisotopic (exact) mass is 322 g/mol. The molecule has 0 aromatic heterocycles. The number of nitrogens with two attached hydrogens (primary N) is 1. The third-order valence-corrected chi connectivity index (χ3v) is 3.92. The van der Waals surface area contributed by atoms with E-state index in [1.165, 1.54) is 0 Å². The van der Waals surface area contributed by atoms with E-state index in [4.69, 9.17) is 15.2 Å². The zero-order valence-electron chi connectivity index (χ0n) is 14.8. The number of carbonyl (C=O) groups is 1. The Hall–Kier alpha value is -1.75. The van der Waals surface area contributed by atoms with Gasteiger partial charge in [-0.2, -0.15) is 0 Å². The van der Waals surface area contributed by atoms with E-state index in [2.05, 4.69) is 13.8 Å². The van der Waals surface area contributed by atoms with Gasteiger partial charge in [-0.1, -0.05) is 19.9 Å². The number of ether oxygens (including phenoxy) is 2. The lowest BCUT2D eigenvalue weighted by Crippen LogP contribution is -2.34. The van der Waals surface area contributed by atoms with Gasteiger partial charge in [-0.05, 0) is 37.1 Å². The van der Waals surface area contributed by atoms with E-state index in [0.717, 1.165) is 31.5 Å². The Labute approximate surface area is 139 Å². The van der Waals surface area contributed by atoms with Crippen LogP contribution >= 0.6 is 0 Å². The first-order chi connectivity index (χ1) is 11.1. The Balaban J connectivity index is 2.89. The molecule has 0 aliphatic heterocycles. The number of hydrogen-bond donors (Lipinski definition) is 1. The summed E-state index contributed by atoms with van der Waals surface area (Å²) in [5.74, 6) is 1.49. The van der Waals surface area contributed by atoms with Gasteiger partial charge in [0, 0.05) is 25.4 Å². The first kappa shape index (κ1) is 19.3. The van der Waals surface area contributed by atoms with Crippen molar-refractivity contribution in [3.63, 3.8) is 0 Å². The molecule has 0 aliphatic rings. The molecule has 1 atom stereocenters. The van der Waals surface area contributed by atoms with Gasteiger partial charge in [-0.15, -0.1) is 0 Å². The summed E-state index contributed by atoms with van der Waals surface area (Å²) in [6, 6.07) is 5.72. The Morgan fingerprint density at radius 2 is 1.74 bits per heavy atom. The van der Waals surface area contributed by atoms with E-state index in [-0.39, 0.29) is 11.8 Å². The Morgan fingerprint density at radius 3 is 2.22 bits per heavy atom. The minimum atomic E-state index is -0.0153. The van der Waals surface area contributed by atoms with Crippen molar-refractivity contribution >= 4 is 5.91 Å². The predicted octanol–water partition coefficient (Wildman–Crippen LogP) is 2.78. The van der Waals surface area contributed by atoms with Crippen molar-refractivity contribution in [3.8, 4) is 11.5 Å². The second-order valence-electron chi connectivity index (χ2n) is 5.63. The van der Waals surface area contributed by atoms with Gasteiger partial charge in [0.2, 0.25) is 5.91 Å². The van der Waals surface area contributed by atoms with Gasteiger partial charge in [0.25, 0.3) is 0 Å². The molecule has 1 aromatic rings. The highest BCUT2D eigenvalue weighted by molar-refractivity contribution is 5.77. The van der Waals surface area contributed by atoms with Crippen LogP contribution in [0.4, 0.5) is 0 Å². The molecule has 5 heteroatoms. The highest BCUT2D eigenvalue weighted by Crippen LogP contribution is 2.31. The SMILES string of the molecule is CCCN(CCC)C(=O)CC(CN)c1ccc(OC)c(OC)c1. The topological polar surface area (TPSA) is 64.8 Å². The van der Waals surface area contributed by atoms with Crippen molar-refractivity contribution in [1.29, 1.82) is 0 Å². The maximum Gasteiger partial charge on any atom is 0.223 e. The highest BCUT2D eigenvalue weighted by atomic mass is 16.5. The van der Waals surface area contributed by atoms with Gasteiger partial charge in [0.1, 0.15) is 0 Å². The summed E-state index contributed by atoms with van der Waals surface area (Å²) in [4.78, 5) is 14.5. The van der Waals surface area contributed by atoms with Crippen LogP contribution in [0.15, 0.2) is 18.2 Å². The van der Waals surface area contributed by atoms with Gasteiger partial charge in [0.05, 0.1) is 14.2 Å². The lowest BCUT2D eigenvalue weighted by molar-refractivity contribution is -0.131. The maximum absolute atomic E-state index is 12.6. The van der Waals surface area contributed by atoms with Crippen molar-refractivity contribution < 1.29 is 14.3 Å². The van der Waals surface area contributed by atoms with E-state index in [9.17, 15) is 4.79 Å². The Bertz CT molecular complexity index is 485. The van der Waals surface area contributed by atoms with Gasteiger partial charge >= 0.3 is 0 Å². The first-order valence-corrected chi connectivity index (χ1v) is 8.30. The third kappa shape index (κ3) is 5.43. The average molecular weight is 322 g/mol. The van der Waals surface area contributed by atoms with Gasteiger partial charge in [-0.3, -0.25) is 4.79 Å². The van der Waals surface area contributed by atoms with Crippen LogP contribution in [-0.2, 0) is 4.79 Å². The molecular formula is C18H30N2O3. The van der Waals surface area contributed by atoms with Crippen LogP contribution in [0.1, 0.15) is 44.6 Å². The van der Waals surface area contributed by atoms with Crippen molar-refractivity contribution in [3.05, 3.63) is 23.8 Å². The van der Waals surface area contributed by atoms with Crippen LogP contribution in [0.3, 0.4) is 0 Å². The minimum absolute atomic E-state index is 0.0153. The molecule has 0 fully saturated rings. The maximum atomic E-state index is 12.6. The fraction of sp³-hybridized carbons (Fsp3) is 0.611. The fourth-order valence-electron chi connectivity index (χ4n) is 2.68. The van der Waals surface area contributed by atoms with E-state index >= 15 is 0 Å². The molecule has 23 heavy (non-hydrogen) atoms. The fourth-order valence-corrected chi connectivity index (χ4v) is 2.68. The van der Waals surface area contributed by atoms with Crippen LogP contribution in [0, 0.1) is 0 Å². The Kier molecular flexibility index (Phi) is 8.48. The summed E-state index contributed by atoms with van der Waals surface area (Å²) in [5.41, 5.74) is 6.93. The molecule has 2 N–H and O–H groups in total. The van der Waals surface area contributed by atoms with Crippen LogP contribution in [-0.4, -0.2) is 44.7 Å². The van der Waals surface area contributed by atoms with E-state index in [1.807, 2.05) is 23.1 Å². The Morgan fingerprint density at radius 1 is 1.13 bits per heavy atom. The lowest BCUT2D eigenvalue weighted by atomic mass is 9.94. The normalized spacial score (nSPS) is 11.9. The second-order valence-corrected chi connectivity index (χ2v) is 5.63. The highest BCUT2D eigenvalue weighted by Gasteiger charge is 2.20. The van der Waals surface area contributed by atoms with Gasteiger partial charge in [-0.25, -0.2) is 0 Å². The van der Waals surface area contributed by atoms with Crippen molar-refractivity contribution in [2.75, 3.05) is 33.9 Å². The van der Waals surface area contributed by atoms with E-state index < -0.39 is 0 Å². The van der Waals surface area contributed by atoms with Crippen LogP contribution in [0.2, 0.25) is 0 Å². The van der Waals surface area contributed by atoms with Crippen LogP contribution in [0.25, 0.3) is 0 Å². The summed E-state index contributed by atoms with van der Waals surface area (Å²) in [7, 11) is 3.21. The molecule has 5 nitrogen and oxygen atoms in total. The minimum Gasteiger partial charge on any atom is -0.493 e. The zero-order chi connectivity index (χ0) is 17.2. The predicted molar refractivity (Wildman–Crippen MR) is 93.1 cm³/mol. The number of amides is 1. The smallest absolute Gasteiger partial charge is 0.223 e. The summed E-state index contributed by atoms with van der Waals surface area (Å²) >= 11 is 0. The summed E-state index contributed by atoms with van der Waals surface area (Å²) in [5, 5.41) is 0. The zero-order valence-corrected chi connectivity index (χ0v) is 14.8. The summed E-state index contributed by atoms with van der Waals surface area (Å²) in [6.07, 6.45) is 2.36. The summed E-state index contributed by atoms with van der Waals surface area (Å²) in [6.45, 7) is 6.20. The molecule has 0 bridgehead atoms. The van der Waals surface area contributed by atoms with Crippen molar-refractivity contribution in [2.45, 2.75) is 39.0 Å². The number of rotatable bonds is 10. The second kappa shape index (κ2) is 10.1. The number of methoxy groups -OCH3 is 2. The molecule has 0 radical (unpaired) electrons. The summed E-state index contributed by atoms with van der Waals surface area (Å²) < 4.78 is 10.6. The van der Waals surface area contributed by atoms with Crippen LogP contribution < -0.4 is 15.2 Å². The molecule has 0 spiro atoms. The molecule has 130 valence electrons. The average Bonchev–Trinajstić information content (AvgIpc) is 2.58. The van der Waals surface area contributed by atoms with Gasteiger partial charge < -0.3 is 20.1 Å². The van der Waals surface area contributed by atoms with E-state index in [0.29, 0.717) is 24.5 Å². The molecule has 1 rings (SSSR count).